The number of aromatic carboxylic acids is 1. The van der Waals surface area contributed by atoms with E-state index in [1.807, 2.05) is 43.3 Å². The lowest BCUT2D eigenvalue weighted by molar-refractivity contribution is 0.0665. The molecular formula is C17H14O4. The summed E-state index contributed by atoms with van der Waals surface area (Å²) >= 11 is 0. The maximum absolute atomic E-state index is 10.9. The fourth-order valence-electron chi connectivity index (χ4n) is 2.17. The number of carbonyl (C=O) groups is 1. The Kier molecular flexibility index (Phi) is 3.36. The average Bonchev–Trinajstić information content (AvgIpc) is 2.90. The summed E-state index contributed by atoms with van der Waals surface area (Å²) < 4.78 is 11.0. The highest BCUT2D eigenvalue weighted by Gasteiger charge is 2.10. The minimum absolute atomic E-state index is 0.0537. The maximum Gasteiger partial charge on any atom is 0.371 e. The first kappa shape index (κ1) is 13.2. The molecule has 21 heavy (non-hydrogen) atoms. The van der Waals surface area contributed by atoms with Crippen molar-refractivity contribution < 1.29 is 19.1 Å². The minimum atomic E-state index is -1.07. The van der Waals surface area contributed by atoms with Gasteiger partial charge in [0.25, 0.3) is 0 Å². The zero-order valence-electron chi connectivity index (χ0n) is 11.5. The van der Waals surface area contributed by atoms with Crippen LogP contribution in [0.3, 0.4) is 0 Å². The van der Waals surface area contributed by atoms with E-state index < -0.39 is 5.97 Å². The molecule has 0 aliphatic carbocycles. The van der Waals surface area contributed by atoms with Crippen LogP contribution in [0.15, 0.2) is 52.9 Å². The molecule has 0 saturated heterocycles. The molecule has 0 aliphatic heterocycles. The Balaban J connectivity index is 1.81. The van der Waals surface area contributed by atoms with Crippen molar-refractivity contribution in [2.45, 2.75) is 13.5 Å². The molecule has 0 unspecified atom stereocenters. The Bertz CT molecular complexity index is 801. The van der Waals surface area contributed by atoms with Crippen LogP contribution in [0.4, 0.5) is 0 Å². The van der Waals surface area contributed by atoms with Gasteiger partial charge in [-0.1, -0.05) is 24.3 Å². The molecule has 0 amide bonds. The lowest BCUT2D eigenvalue weighted by Crippen LogP contribution is -1.96. The molecule has 0 spiro atoms. The van der Waals surface area contributed by atoms with E-state index in [0.29, 0.717) is 12.2 Å². The van der Waals surface area contributed by atoms with Crippen LogP contribution in [-0.4, -0.2) is 11.1 Å². The number of hydrogen-bond acceptors (Lipinski definition) is 3. The lowest BCUT2D eigenvalue weighted by atomic mass is 10.1. The van der Waals surface area contributed by atoms with Gasteiger partial charge in [-0.25, -0.2) is 4.79 Å². The number of benzene rings is 2. The number of aryl methyl sites for hydroxylation is 1. The first-order valence-electron chi connectivity index (χ1n) is 6.58. The highest BCUT2D eigenvalue weighted by Crippen LogP contribution is 2.23. The van der Waals surface area contributed by atoms with Crippen molar-refractivity contribution in [1.82, 2.24) is 0 Å². The number of ether oxygens (including phenoxy) is 1. The van der Waals surface area contributed by atoms with Crippen LogP contribution in [0.5, 0.6) is 5.75 Å². The summed E-state index contributed by atoms with van der Waals surface area (Å²) in [4.78, 5) is 10.9. The standard InChI is InChI=1S/C17H14O4/c1-11-4-2-3-5-14(11)20-10-12-6-7-15-13(8-12)9-16(21-15)17(18)19/h2-9H,10H2,1H3,(H,18,19). The first-order chi connectivity index (χ1) is 10.1. The van der Waals surface area contributed by atoms with Crippen LogP contribution in [-0.2, 0) is 6.61 Å². The van der Waals surface area contributed by atoms with Crippen LogP contribution < -0.4 is 4.74 Å². The summed E-state index contributed by atoms with van der Waals surface area (Å²) in [5, 5.41) is 9.68. The molecule has 1 aromatic heterocycles. The summed E-state index contributed by atoms with van der Waals surface area (Å²) in [6, 6.07) is 14.8. The molecular weight excluding hydrogens is 268 g/mol. The Hall–Kier alpha value is -2.75. The number of fused-ring (bicyclic) bond motifs is 1. The number of para-hydroxylation sites is 1. The van der Waals surface area contributed by atoms with E-state index >= 15 is 0 Å². The Labute approximate surface area is 121 Å². The third-order valence-corrected chi connectivity index (χ3v) is 3.28. The van der Waals surface area contributed by atoms with E-state index in [4.69, 9.17) is 14.3 Å². The predicted molar refractivity (Wildman–Crippen MR) is 78.7 cm³/mol. The summed E-state index contributed by atoms with van der Waals surface area (Å²) in [6.07, 6.45) is 0. The van der Waals surface area contributed by atoms with E-state index in [-0.39, 0.29) is 5.76 Å². The van der Waals surface area contributed by atoms with Crippen molar-refractivity contribution in [3.8, 4) is 5.75 Å². The number of carboxylic acid groups (broad SMARTS) is 1. The second-order valence-electron chi connectivity index (χ2n) is 4.84. The third kappa shape index (κ3) is 2.74. The zero-order chi connectivity index (χ0) is 14.8. The molecule has 3 aromatic rings. The number of rotatable bonds is 4. The van der Waals surface area contributed by atoms with E-state index in [0.717, 1.165) is 22.3 Å². The smallest absolute Gasteiger partial charge is 0.371 e. The van der Waals surface area contributed by atoms with Crippen molar-refractivity contribution in [3.63, 3.8) is 0 Å². The fraction of sp³-hybridized carbons (Fsp3) is 0.118. The van der Waals surface area contributed by atoms with E-state index in [2.05, 4.69) is 0 Å². The molecule has 0 radical (unpaired) electrons. The monoisotopic (exact) mass is 282 g/mol. The number of hydrogen-bond donors (Lipinski definition) is 1. The highest BCUT2D eigenvalue weighted by atomic mass is 16.5. The summed E-state index contributed by atoms with van der Waals surface area (Å²) in [5.41, 5.74) is 2.60. The second kappa shape index (κ2) is 5.32. The summed E-state index contributed by atoms with van der Waals surface area (Å²) in [6.45, 7) is 2.42. The van der Waals surface area contributed by atoms with Gasteiger partial charge in [-0.15, -0.1) is 0 Å². The Morgan fingerprint density at radius 3 is 2.76 bits per heavy atom. The topological polar surface area (TPSA) is 59.7 Å². The van der Waals surface area contributed by atoms with Crippen molar-refractivity contribution in [1.29, 1.82) is 0 Å². The summed E-state index contributed by atoms with van der Waals surface area (Å²) in [7, 11) is 0. The van der Waals surface area contributed by atoms with Gasteiger partial charge in [-0.05, 0) is 42.3 Å². The van der Waals surface area contributed by atoms with E-state index in [1.54, 1.807) is 6.07 Å². The highest BCUT2D eigenvalue weighted by molar-refractivity contribution is 5.91. The normalized spacial score (nSPS) is 10.7. The SMILES string of the molecule is Cc1ccccc1OCc1ccc2oc(C(=O)O)cc2c1. The molecule has 0 bridgehead atoms. The maximum atomic E-state index is 10.9. The predicted octanol–water partition coefficient (Wildman–Crippen LogP) is 4.02. The van der Waals surface area contributed by atoms with E-state index in [9.17, 15) is 4.79 Å². The first-order valence-corrected chi connectivity index (χ1v) is 6.58. The third-order valence-electron chi connectivity index (χ3n) is 3.28. The number of carboxylic acids is 1. The largest absolute Gasteiger partial charge is 0.489 e. The van der Waals surface area contributed by atoms with Crippen molar-refractivity contribution in [2.24, 2.45) is 0 Å². The van der Waals surface area contributed by atoms with Gasteiger partial charge in [0.05, 0.1) is 0 Å². The molecule has 0 aliphatic rings. The molecule has 4 nitrogen and oxygen atoms in total. The van der Waals surface area contributed by atoms with E-state index in [1.165, 1.54) is 6.07 Å². The lowest BCUT2D eigenvalue weighted by Gasteiger charge is -2.08. The minimum Gasteiger partial charge on any atom is -0.489 e. The van der Waals surface area contributed by atoms with Gasteiger partial charge in [-0.2, -0.15) is 0 Å². The summed E-state index contributed by atoms with van der Waals surface area (Å²) in [5.74, 6) is -0.276. The van der Waals surface area contributed by atoms with Crippen LogP contribution in [0.1, 0.15) is 21.7 Å². The molecule has 4 heteroatoms. The van der Waals surface area contributed by atoms with Gasteiger partial charge in [-0.3, -0.25) is 0 Å². The van der Waals surface area contributed by atoms with Crippen molar-refractivity contribution in [3.05, 3.63) is 65.4 Å². The van der Waals surface area contributed by atoms with Gasteiger partial charge < -0.3 is 14.3 Å². The van der Waals surface area contributed by atoms with Gasteiger partial charge in [0.2, 0.25) is 5.76 Å². The van der Waals surface area contributed by atoms with Crippen molar-refractivity contribution in [2.75, 3.05) is 0 Å². The zero-order valence-corrected chi connectivity index (χ0v) is 11.5. The molecule has 1 heterocycles. The molecule has 1 N–H and O–H groups in total. The second-order valence-corrected chi connectivity index (χ2v) is 4.84. The Morgan fingerprint density at radius 1 is 1.19 bits per heavy atom. The van der Waals surface area contributed by atoms with Crippen LogP contribution in [0, 0.1) is 6.92 Å². The molecule has 106 valence electrons. The quantitative estimate of drug-likeness (QED) is 0.785. The molecule has 3 rings (SSSR count). The van der Waals surface area contributed by atoms with Crippen LogP contribution in [0.25, 0.3) is 11.0 Å². The van der Waals surface area contributed by atoms with Gasteiger partial charge in [0, 0.05) is 5.39 Å². The molecule has 2 aromatic carbocycles. The fourth-order valence-corrected chi connectivity index (χ4v) is 2.17. The number of furan rings is 1. The van der Waals surface area contributed by atoms with Gasteiger partial charge in [0.1, 0.15) is 17.9 Å². The molecule has 0 fully saturated rings. The van der Waals surface area contributed by atoms with Crippen LogP contribution in [0.2, 0.25) is 0 Å². The molecule has 0 atom stereocenters. The van der Waals surface area contributed by atoms with Crippen LogP contribution >= 0.6 is 0 Å². The van der Waals surface area contributed by atoms with Gasteiger partial charge in [0.15, 0.2) is 0 Å². The average molecular weight is 282 g/mol. The van der Waals surface area contributed by atoms with Gasteiger partial charge >= 0.3 is 5.97 Å². The Morgan fingerprint density at radius 2 is 2.00 bits per heavy atom. The van der Waals surface area contributed by atoms with Crippen molar-refractivity contribution >= 4 is 16.9 Å². The molecule has 0 saturated carbocycles.